The second-order valence-electron chi connectivity index (χ2n) is 4.41. The van der Waals surface area contributed by atoms with Crippen LogP contribution in [0.15, 0.2) is 0 Å². The summed E-state index contributed by atoms with van der Waals surface area (Å²) < 4.78 is 0. The zero-order valence-corrected chi connectivity index (χ0v) is 8.75. The summed E-state index contributed by atoms with van der Waals surface area (Å²) in [6, 6.07) is 0.463. The summed E-state index contributed by atoms with van der Waals surface area (Å²) in [6.45, 7) is 6.75. The van der Waals surface area contributed by atoms with Crippen molar-refractivity contribution in [2.75, 3.05) is 32.7 Å². The monoisotopic (exact) mass is 197 g/mol. The number of carbonyl (C=O) groups excluding carboxylic acids is 1. The molecule has 80 valence electrons. The van der Waals surface area contributed by atoms with E-state index in [-0.39, 0.29) is 5.91 Å². The van der Waals surface area contributed by atoms with Crippen molar-refractivity contribution < 1.29 is 4.79 Å². The van der Waals surface area contributed by atoms with E-state index in [1.807, 2.05) is 0 Å². The molecule has 14 heavy (non-hydrogen) atoms. The molecule has 1 aliphatic carbocycles. The molecule has 4 nitrogen and oxygen atoms in total. The van der Waals surface area contributed by atoms with Gasteiger partial charge in [0.25, 0.3) is 0 Å². The largest absolute Gasteiger partial charge is 0.352 e. The Hall–Kier alpha value is -0.610. The molecule has 2 aliphatic rings. The number of piperazine rings is 1. The molecule has 2 unspecified atom stereocenters. The predicted octanol–water partition coefficient (Wildman–Crippen LogP) is -0.584. The topological polar surface area (TPSA) is 44.4 Å². The zero-order valence-electron chi connectivity index (χ0n) is 8.75. The summed E-state index contributed by atoms with van der Waals surface area (Å²) in [4.78, 5) is 13.7. The third-order valence-corrected chi connectivity index (χ3v) is 3.03. The maximum Gasteiger partial charge on any atom is 0.234 e. The average molecular weight is 197 g/mol. The summed E-state index contributed by atoms with van der Waals surface area (Å²) in [7, 11) is 0. The van der Waals surface area contributed by atoms with Crippen molar-refractivity contribution in [3.63, 3.8) is 0 Å². The van der Waals surface area contributed by atoms with Gasteiger partial charge in [-0.1, -0.05) is 6.92 Å². The van der Waals surface area contributed by atoms with Crippen LogP contribution in [0.4, 0.5) is 0 Å². The molecule has 0 aromatic carbocycles. The Labute approximate surface area is 85.0 Å². The molecule has 2 atom stereocenters. The van der Waals surface area contributed by atoms with Crippen LogP contribution in [-0.4, -0.2) is 49.6 Å². The summed E-state index contributed by atoms with van der Waals surface area (Å²) >= 11 is 0. The molecule has 2 rings (SSSR count). The molecule has 0 aromatic heterocycles. The number of hydrogen-bond acceptors (Lipinski definition) is 3. The van der Waals surface area contributed by atoms with Gasteiger partial charge in [0.15, 0.2) is 0 Å². The van der Waals surface area contributed by atoms with Gasteiger partial charge in [-0.05, 0) is 12.3 Å². The lowest BCUT2D eigenvalue weighted by Gasteiger charge is -2.26. The van der Waals surface area contributed by atoms with Crippen LogP contribution in [0.1, 0.15) is 13.3 Å². The highest BCUT2D eigenvalue weighted by atomic mass is 16.2. The van der Waals surface area contributed by atoms with Gasteiger partial charge in [0.2, 0.25) is 5.91 Å². The van der Waals surface area contributed by atoms with Gasteiger partial charge < -0.3 is 10.6 Å². The standard InChI is InChI=1S/C10H19N3O/c1-8-6-9(8)12-10(14)7-13-4-2-11-3-5-13/h8-9,11H,2-7H2,1H3,(H,12,14). The molecule has 1 saturated heterocycles. The number of hydrogen-bond donors (Lipinski definition) is 2. The van der Waals surface area contributed by atoms with E-state index in [0.29, 0.717) is 18.5 Å². The van der Waals surface area contributed by atoms with Gasteiger partial charge in [-0.3, -0.25) is 9.69 Å². The quantitative estimate of drug-likeness (QED) is 0.636. The predicted molar refractivity (Wildman–Crippen MR) is 55.0 cm³/mol. The number of rotatable bonds is 3. The molecule has 1 heterocycles. The molecule has 1 amide bonds. The first-order valence-corrected chi connectivity index (χ1v) is 5.48. The summed E-state index contributed by atoms with van der Waals surface area (Å²) in [5.41, 5.74) is 0. The number of amides is 1. The maximum atomic E-state index is 11.5. The van der Waals surface area contributed by atoms with Crippen molar-refractivity contribution in [3.8, 4) is 0 Å². The minimum Gasteiger partial charge on any atom is -0.352 e. The zero-order chi connectivity index (χ0) is 9.97. The Morgan fingerprint density at radius 1 is 1.50 bits per heavy atom. The number of carbonyl (C=O) groups is 1. The molecule has 1 saturated carbocycles. The molecule has 0 radical (unpaired) electrons. The van der Waals surface area contributed by atoms with Gasteiger partial charge in [0.1, 0.15) is 0 Å². The van der Waals surface area contributed by atoms with Gasteiger partial charge >= 0.3 is 0 Å². The Morgan fingerprint density at radius 3 is 2.71 bits per heavy atom. The first-order chi connectivity index (χ1) is 6.75. The van der Waals surface area contributed by atoms with E-state index in [4.69, 9.17) is 0 Å². The van der Waals surface area contributed by atoms with E-state index >= 15 is 0 Å². The van der Waals surface area contributed by atoms with Crippen LogP contribution in [0.2, 0.25) is 0 Å². The van der Waals surface area contributed by atoms with Crippen LogP contribution in [0, 0.1) is 5.92 Å². The van der Waals surface area contributed by atoms with E-state index in [1.54, 1.807) is 0 Å². The van der Waals surface area contributed by atoms with E-state index in [0.717, 1.165) is 32.6 Å². The van der Waals surface area contributed by atoms with Crippen LogP contribution in [0.5, 0.6) is 0 Å². The van der Waals surface area contributed by atoms with Gasteiger partial charge in [0.05, 0.1) is 6.54 Å². The van der Waals surface area contributed by atoms with Crippen molar-refractivity contribution in [1.82, 2.24) is 15.5 Å². The fourth-order valence-electron chi connectivity index (χ4n) is 1.85. The fraction of sp³-hybridized carbons (Fsp3) is 0.900. The van der Waals surface area contributed by atoms with Gasteiger partial charge in [0, 0.05) is 32.2 Å². The first kappa shape index (κ1) is 9.93. The van der Waals surface area contributed by atoms with Gasteiger partial charge in [-0.25, -0.2) is 0 Å². The second kappa shape index (κ2) is 4.28. The fourth-order valence-corrected chi connectivity index (χ4v) is 1.85. The summed E-state index contributed by atoms with van der Waals surface area (Å²) in [5, 5.41) is 6.32. The molecule has 4 heteroatoms. The van der Waals surface area contributed by atoms with E-state index in [2.05, 4.69) is 22.5 Å². The lowest BCUT2D eigenvalue weighted by Crippen LogP contribution is -2.47. The molecular formula is C10H19N3O. The Kier molecular flexibility index (Phi) is 3.03. The molecular weight excluding hydrogens is 178 g/mol. The molecule has 2 N–H and O–H groups in total. The number of nitrogens with one attached hydrogen (secondary N) is 2. The second-order valence-corrected chi connectivity index (χ2v) is 4.41. The lowest BCUT2D eigenvalue weighted by atomic mass is 10.3. The van der Waals surface area contributed by atoms with Crippen LogP contribution >= 0.6 is 0 Å². The van der Waals surface area contributed by atoms with Crippen LogP contribution in [0.25, 0.3) is 0 Å². The van der Waals surface area contributed by atoms with Crippen LogP contribution < -0.4 is 10.6 Å². The Balaban J connectivity index is 1.65. The number of nitrogens with zero attached hydrogens (tertiary/aromatic N) is 1. The van der Waals surface area contributed by atoms with Crippen molar-refractivity contribution in [3.05, 3.63) is 0 Å². The van der Waals surface area contributed by atoms with E-state index < -0.39 is 0 Å². The van der Waals surface area contributed by atoms with E-state index in [9.17, 15) is 4.79 Å². The van der Waals surface area contributed by atoms with Crippen molar-refractivity contribution in [2.45, 2.75) is 19.4 Å². The molecule has 2 fully saturated rings. The van der Waals surface area contributed by atoms with Gasteiger partial charge in [-0.15, -0.1) is 0 Å². The lowest BCUT2D eigenvalue weighted by molar-refractivity contribution is -0.122. The van der Waals surface area contributed by atoms with Crippen molar-refractivity contribution >= 4 is 5.91 Å². The molecule has 0 aromatic rings. The van der Waals surface area contributed by atoms with Gasteiger partial charge in [-0.2, -0.15) is 0 Å². The molecule has 1 aliphatic heterocycles. The third-order valence-electron chi connectivity index (χ3n) is 3.03. The molecule has 0 spiro atoms. The van der Waals surface area contributed by atoms with Crippen LogP contribution in [-0.2, 0) is 4.79 Å². The minimum absolute atomic E-state index is 0.196. The summed E-state index contributed by atoms with van der Waals surface area (Å²) in [6.07, 6.45) is 1.16. The highest BCUT2D eigenvalue weighted by Crippen LogP contribution is 2.28. The van der Waals surface area contributed by atoms with Crippen molar-refractivity contribution in [1.29, 1.82) is 0 Å². The first-order valence-electron chi connectivity index (χ1n) is 5.48. The summed E-state index contributed by atoms with van der Waals surface area (Å²) in [5.74, 6) is 0.892. The SMILES string of the molecule is CC1CC1NC(=O)CN1CCNCC1. The normalized spacial score (nSPS) is 32.6. The average Bonchev–Trinajstić information content (AvgIpc) is 2.83. The Morgan fingerprint density at radius 2 is 2.14 bits per heavy atom. The maximum absolute atomic E-state index is 11.5. The van der Waals surface area contributed by atoms with Crippen molar-refractivity contribution in [2.24, 2.45) is 5.92 Å². The highest BCUT2D eigenvalue weighted by Gasteiger charge is 2.33. The molecule has 0 bridgehead atoms. The third kappa shape index (κ3) is 2.69. The smallest absolute Gasteiger partial charge is 0.234 e. The van der Waals surface area contributed by atoms with E-state index in [1.165, 1.54) is 0 Å². The minimum atomic E-state index is 0.196. The Bertz CT molecular complexity index is 213. The van der Waals surface area contributed by atoms with Crippen LogP contribution in [0.3, 0.4) is 0 Å². The highest BCUT2D eigenvalue weighted by molar-refractivity contribution is 5.78.